The molecular formula is C14H18O3. The molecule has 0 aromatic heterocycles. The SMILES string of the molecule is CC1=C2C[C@@H]3CC(=O)O[C@@H]3C[C@@H](C)[C@H]2CC1=O. The van der Waals surface area contributed by atoms with Gasteiger partial charge in [0.1, 0.15) is 6.10 Å². The van der Waals surface area contributed by atoms with Gasteiger partial charge >= 0.3 is 5.97 Å². The van der Waals surface area contributed by atoms with E-state index in [9.17, 15) is 9.59 Å². The van der Waals surface area contributed by atoms with Crippen LogP contribution >= 0.6 is 0 Å². The molecule has 0 unspecified atom stereocenters. The molecule has 1 heterocycles. The third kappa shape index (κ3) is 1.63. The van der Waals surface area contributed by atoms with Gasteiger partial charge in [0.25, 0.3) is 0 Å². The van der Waals surface area contributed by atoms with Crippen LogP contribution < -0.4 is 0 Å². The Hall–Kier alpha value is -1.12. The van der Waals surface area contributed by atoms with Crippen molar-refractivity contribution in [3.05, 3.63) is 11.1 Å². The van der Waals surface area contributed by atoms with Crippen LogP contribution in [0.2, 0.25) is 0 Å². The van der Waals surface area contributed by atoms with E-state index >= 15 is 0 Å². The minimum Gasteiger partial charge on any atom is -0.462 e. The van der Waals surface area contributed by atoms with Crippen LogP contribution in [0.1, 0.15) is 39.5 Å². The van der Waals surface area contributed by atoms with Crippen molar-refractivity contribution < 1.29 is 14.3 Å². The van der Waals surface area contributed by atoms with E-state index < -0.39 is 0 Å². The molecule has 0 N–H and O–H groups in total. The standard InChI is InChI=1S/C14H18O3/c1-7-3-13-9(5-14(16)17-13)4-11-8(2)12(15)6-10(7)11/h7,9-10,13H,3-6H2,1-2H3/t7-,9-,10-,13-/m1/s1. The number of carbonyl (C=O) groups excluding carboxylic acids is 2. The van der Waals surface area contributed by atoms with Crippen LogP contribution in [0.4, 0.5) is 0 Å². The van der Waals surface area contributed by atoms with Crippen LogP contribution in [0.25, 0.3) is 0 Å². The first-order valence-corrected chi connectivity index (χ1v) is 6.48. The van der Waals surface area contributed by atoms with Gasteiger partial charge in [-0.2, -0.15) is 0 Å². The molecule has 1 saturated heterocycles. The van der Waals surface area contributed by atoms with E-state index in [4.69, 9.17) is 4.74 Å². The van der Waals surface area contributed by atoms with E-state index in [1.807, 2.05) is 6.92 Å². The molecule has 2 aliphatic carbocycles. The molecule has 0 aromatic rings. The summed E-state index contributed by atoms with van der Waals surface area (Å²) in [7, 11) is 0. The zero-order valence-corrected chi connectivity index (χ0v) is 10.4. The topological polar surface area (TPSA) is 43.4 Å². The van der Waals surface area contributed by atoms with Crippen LogP contribution in [-0.4, -0.2) is 17.9 Å². The highest BCUT2D eigenvalue weighted by atomic mass is 16.5. The van der Waals surface area contributed by atoms with Crippen LogP contribution in [0.3, 0.4) is 0 Å². The summed E-state index contributed by atoms with van der Waals surface area (Å²) in [6.45, 7) is 4.13. The van der Waals surface area contributed by atoms with Gasteiger partial charge in [0.15, 0.2) is 5.78 Å². The van der Waals surface area contributed by atoms with E-state index in [2.05, 4.69) is 6.92 Å². The molecule has 0 radical (unpaired) electrons. The number of rotatable bonds is 0. The fourth-order valence-electron chi connectivity index (χ4n) is 3.70. The lowest BCUT2D eigenvalue weighted by Crippen LogP contribution is -2.18. The molecule has 4 atom stereocenters. The molecule has 92 valence electrons. The number of ether oxygens (including phenoxy) is 1. The minimum absolute atomic E-state index is 0.0618. The summed E-state index contributed by atoms with van der Waals surface area (Å²) in [6, 6.07) is 0. The van der Waals surface area contributed by atoms with Gasteiger partial charge in [-0.1, -0.05) is 12.5 Å². The summed E-state index contributed by atoms with van der Waals surface area (Å²) in [5, 5.41) is 0. The van der Waals surface area contributed by atoms with E-state index in [-0.39, 0.29) is 12.1 Å². The highest BCUT2D eigenvalue weighted by molar-refractivity contribution is 5.98. The summed E-state index contributed by atoms with van der Waals surface area (Å²) in [6.07, 6.45) is 3.12. The van der Waals surface area contributed by atoms with E-state index in [0.717, 1.165) is 18.4 Å². The predicted molar refractivity (Wildman–Crippen MR) is 62.2 cm³/mol. The molecule has 2 fully saturated rings. The van der Waals surface area contributed by atoms with Crippen LogP contribution in [0.5, 0.6) is 0 Å². The molecule has 3 nitrogen and oxygen atoms in total. The van der Waals surface area contributed by atoms with Gasteiger partial charge in [-0.3, -0.25) is 9.59 Å². The van der Waals surface area contributed by atoms with Crippen LogP contribution in [-0.2, 0) is 14.3 Å². The first-order valence-electron chi connectivity index (χ1n) is 6.48. The van der Waals surface area contributed by atoms with Gasteiger partial charge in [-0.25, -0.2) is 0 Å². The average molecular weight is 234 g/mol. The maximum Gasteiger partial charge on any atom is 0.306 e. The molecule has 3 heteroatoms. The second kappa shape index (κ2) is 3.69. The fraction of sp³-hybridized carbons (Fsp3) is 0.714. The molecule has 0 aromatic carbocycles. The number of fused-ring (bicyclic) bond motifs is 2. The lowest BCUT2D eigenvalue weighted by Gasteiger charge is -2.19. The normalized spacial score (nSPS) is 41.1. The maximum absolute atomic E-state index is 11.8. The second-order valence-electron chi connectivity index (χ2n) is 5.79. The van der Waals surface area contributed by atoms with Crippen molar-refractivity contribution in [2.24, 2.45) is 17.8 Å². The molecule has 0 spiro atoms. The Labute approximate surface area is 101 Å². The highest BCUT2D eigenvalue weighted by Crippen LogP contribution is 2.46. The van der Waals surface area contributed by atoms with Crippen molar-refractivity contribution in [1.82, 2.24) is 0 Å². The number of hydrogen-bond acceptors (Lipinski definition) is 3. The second-order valence-corrected chi connectivity index (χ2v) is 5.79. The number of ketones is 1. The summed E-state index contributed by atoms with van der Waals surface area (Å²) >= 11 is 0. The summed E-state index contributed by atoms with van der Waals surface area (Å²) < 4.78 is 5.40. The average Bonchev–Trinajstić information content (AvgIpc) is 2.70. The van der Waals surface area contributed by atoms with Crippen molar-refractivity contribution in [3.8, 4) is 0 Å². The quantitative estimate of drug-likeness (QED) is 0.604. The maximum atomic E-state index is 11.8. The molecule has 1 aliphatic heterocycles. The molecule has 0 bridgehead atoms. The van der Waals surface area contributed by atoms with Gasteiger partial charge in [-0.05, 0) is 37.2 Å². The summed E-state index contributed by atoms with van der Waals surface area (Å²) in [5.41, 5.74) is 2.27. The predicted octanol–water partition coefficient (Wildman–Crippen LogP) is 2.25. The fourth-order valence-corrected chi connectivity index (χ4v) is 3.70. The summed E-state index contributed by atoms with van der Waals surface area (Å²) in [4.78, 5) is 23.2. The van der Waals surface area contributed by atoms with Gasteiger partial charge in [0, 0.05) is 12.3 Å². The minimum atomic E-state index is -0.0618. The van der Waals surface area contributed by atoms with Crippen molar-refractivity contribution in [1.29, 1.82) is 0 Å². The van der Waals surface area contributed by atoms with Gasteiger partial charge in [0.05, 0.1) is 6.42 Å². The van der Waals surface area contributed by atoms with Gasteiger partial charge in [0.2, 0.25) is 0 Å². The zero-order chi connectivity index (χ0) is 12.2. The van der Waals surface area contributed by atoms with E-state index in [0.29, 0.717) is 36.4 Å². The first kappa shape index (κ1) is 11.0. The van der Waals surface area contributed by atoms with Gasteiger partial charge < -0.3 is 4.74 Å². The lowest BCUT2D eigenvalue weighted by atomic mass is 9.86. The third-order valence-electron chi connectivity index (χ3n) is 4.76. The molecule has 1 saturated carbocycles. The number of esters is 1. The Morgan fingerprint density at radius 2 is 1.94 bits per heavy atom. The van der Waals surface area contributed by atoms with Crippen molar-refractivity contribution >= 4 is 11.8 Å². The van der Waals surface area contributed by atoms with Gasteiger partial charge in [-0.15, -0.1) is 0 Å². The van der Waals surface area contributed by atoms with Crippen LogP contribution in [0.15, 0.2) is 11.1 Å². The third-order valence-corrected chi connectivity index (χ3v) is 4.76. The van der Waals surface area contributed by atoms with Crippen molar-refractivity contribution in [3.63, 3.8) is 0 Å². The Morgan fingerprint density at radius 3 is 2.71 bits per heavy atom. The lowest BCUT2D eigenvalue weighted by molar-refractivity contribution is -0.142. The molecule has 3 aliphatic rings. The Kier molecular flexibility index (Phi) is 2.39. The Balaban J connectivity index is 1.94. The largest absolute Gasteiger partial charge is 0.462 e. The number of Topliss-reactive ketones (excluding diaryl/α,β-unsaturated/α-hetero) is 1. The zero-order valence-electron chi connectivity index (χ0n) is 10.4. The first-order chi connectivity index (χ1) is 8.06. The smallest absolute Gasteiger partial charge is 0.306 e. The summed E-state index contributed by atoms with van der Waals surface area (Å²) in [5.74, 6) is 1.42. The Bertz CT molecular complexity index is 421. The molecule has 3 rings (SSSR count). The molecular weight excluding hydrogens is 216 g/mol. The highest BCUT2D eigenvalue weighted by Gasteiger charge is 2.44. The van der Waals surface area contributed by atoms with Crippen molar-refractivity contribution in [2.45, 2.75) is 45.6 Å². The van der Waals surface area contributed by atoms with Crippen LogP contribution in [0, 0.1) is 17.8 Å². The molecule has 0 amide bonds. The number of allylic oxidation sites excluding steroid dienone is 2. The number of carbonyl (C=O) groups is 2. The van der Waals surface area contributed by atoms with E-state index in [1.54, 1.807) is 0 Å². The number of hydrogen-bond donors (Lipinski definition) is 0. The monoisotopic (exact) mass is 234 g/mol. The van der Waals surface area contributed by atoms with Crippen molar-refractivity contribution in [2.75, 3.05) is 0 Å². The Morgan fingerprint density at radius 1 is 1.18 bits per heavy atom. The molecule has 17 heavy (non-hydrogen) atoms. The van der Waals surface area contributed by atoms with E-state index in [1.165, 1.54) is 5.57 Å².